The highest BCUT2D eigenvalue weighted by molar-refractivity contribution is 7.92. The minimum Gasteiger partial charge on any atom is -0.352 e. The molecule has 35 heavy (non-hydrogen) atoms. The van der Waals surface area contributed by atoms with Gasteiger partial charge in [0, 0.05) is 19.2 Å². The maximum atomic E-state index is 13.0. The molecule has 1 amide bonds. The maximum absolute atomic E-state index is 13.0. The summed E-state index contributed by atoms with van der Waals surface area (Å²) in [6.07, 6.45) is 0.694. The Morgan fingerprint density at radius 1 is 0.886 bits per heavy atom. The largest absolute Gasteiger partial charge is 0.352 e. The third-order valence-electron chi connectivity index (χ3n) is 5.76. The molecule has 0 atom stereocenters. The molecule has 0 bridgehead atoms. The van der Waals surface area contributed by atoms with E-state index in [9.17, 15) is 18.0 Å². The summed E-state index contributed by atoms with van der Waals surface area (Å²) in [5.41, 5.74) is 2.04. The van der Waals surface area contributed by atoms with E-state index in [4.69, 9.17) is 0 Å². The molecule has 0 unspecified atom stereocenters. The fraction of sp³-hybridized carbons (Fsp3) is 0.154. The molecule has 8 nitrogen and oxygen atoms in total. The van der Waals surface area contributed by atoms with Crippen LogP contribution in [0.2, 0.25) is 0 Å². The first-order chi connectivity index (χ1) is 16.8. The van der Waals surface area contributed by atoms with E-state index in [1.165, 1.54) is 28.9 Å². The molecule has 0 aliphatic heterocycles. The Balaban J connectivity index is 1.48. The SMILES string of the molecule is Cc1c(NS(=O)(=O)c2ccc(C(=O)NCCc3ccccc3)cc2)c(=O)n(-c2ccccc2)n1C. The number of amides is 1. The molecule has 0 spiro atoms. The smallest absolute Gasteiger partial charge is 0.296 e. The number of hydrogen-bond acceptors (Lipinski definition) is 4. The molecule has 4 rings (SSSR count). The van der Waals surface area contributed by atoms with Gasteiger partial charge in [-0.1, -0.05) is 48.5 Å². The van der Waals surface area contributed by atoms with E-state index in [1.807, 2.05) is 36.4 Å². The zero-order valence-corrected chi connectivity index (χ0v) is 20.2. The van der Waals surface area contributed by atoms with E-state index in [0.29, 0.717) is 29.9 Å². The Morgan fingerprint density at radius 3 is 2.11 bits per heavy atom. The average molecular weight is 491 g/mol. The van der Waals surface area contributed by atoms with Crippen molar-refractivity contribution in [3.05, 3.63) is 112 Å². The molecule has 0 aliphatic rings. The van der Waals surface area contributed by atoms with Crippen molar-refractivity contribution in [1.29, 1.82) is 0 Å². The van der Waals surface area contributed by atoms with Gasteiger partial charge in [-0.05, 0) is 55.3 Å². The van der Waals surface area contributed by atoms with Crippen molar-refractivity contribution < 1.29 is 13.2 Å². The van der Waals surface area contributed by atoms with Crippen molar-refractivity contribution in [2.24, 2.45) is 7.05 Å². The van der Waals surface area contributed by atoms with Gasteiger partial charge in [0.25, 0.3) is 21.5 Å². The fourth-order valence-electron chi connectivity index (χ4n) is 3.73. The van der Waals surface area contributed by atoms with Gasteiger partial charge in [0.05, 0.1) is 16.3 Å². The second kappa shape index (κ2) is 10.0. The molecule has 4 aromatic rings. The lowest BCUT2D eigenvalue weighted by molar-refractivity contribution is 0.0954. The summed E-state index contributed by atoms with van der Waals surface area (Å²) in [6.45, 7) is 2.13. The quantitative estimate of drug-likeness (QED) is 0.396. The molecule has 0 radical (unpaired) electrons. The normalized spacial score (nSPS) is 11.3. The number of benzene rings is 3. The van der Waals surface area contributed by atoms with Crippen molar-refractivity contribution in [3.63, 3.8) is 0 Å². The molecule has 0 fully saturated rings. The molecule has 1 heterocycles. The summed E-state index contributed by atoms with van der Waals surface area (Å²) in [5.74, 6) is -0.289. The molecular weight excluding hydrogens is 464 g/mol. The molecule has 2 N–H and O–H groups in total. The van der Waals surface area contributed by atoms with E-state index >= 15 is 0 Å². The number of aromatic nitrogens is 2. The van der Waals surface area contributed by atoms with Crippen molar-refractivity contribution in [2.45, 2.75) is 18.2 Å². The predicted molar refractivity (Wildman–Crippen MR) is 135 cm³/mol. The molecule has 1 aromatic heterocycles. The molecule has 3 aromatic carbocycles. The summed E-state index contributed by atoms with van der Waals surface area (Å²) in [7, 11) is -2.36. The van der Waals surface area contributed by atoms with Crippen LogP contribution in [0.3, 0.4) is 0 Å². The highest BCUT2D eigenvalue weighted by Crippen LogP contribution is 2.19. The standard InChI is InChI=1S/C26H26N4O4S/c1-19-24(26(32)30(29(19)2)22-11-7-4-8-12-22)28-35(33,34)23-15-13-21(14-16-23)25(31)27-18-17-20-9-5-3-6-10-20/h3-16,28H,17-18H2,1-2H3,(H,27,31). The van der Waals surface area contributed by atoms with Crippen molar-refractivity contribution >= 4 is 21.6 Å². The topological polar surface area (TPSA) is 102 Å². The van der Waals surface area contributed by atoms with Crippen LogP contribution in [0, 0.1) is 6.92 Å². The Labute approximate surface area is 203 Å². The molecule has 0 saturated heterocycles. The first-order valence-corrected chi connectivity index (χ1v) is 12.6. The summed E-state index contributed by atoms with van der Waals surface area (Å²) >= 11 is 0. The van der Waals surface area contributed by atoms with Gasteiger partial charge in [0.15, 0.2) is 0 Å². The number of hydrogen-bond donors (Lipinski definition) is 2. The molecule has 9 heteroatoms. The number of sulfonamides is 1. The van der Waals surface area contributed by atoms with E-state index < -0.39 is 15.6 Å². The lowest BCUT2D eigenvalue weighted by atomic mass is 10.1. The maximum Gasteiger partial charge on any atom is 0.296 e. The van der Waals surface area contributed by atoms with Crippen molar-refractivity contribution in [2.75, 3.05) is 11.3 Å². The van der Waals surface area contributed by atoms with Gasteiger partial charge in [0.2, 0.25) is 0 Å². The van der Waals surface area contributed by atoms with Crippen LogP contribution in [0.25, 0.3) is 5.69 Å². The van der Waals surface area contributed by atoms with Gasteiger partial charge >= 0.3 is 0 Å². The van der Waals surface area contributed by atoms with E-state index in [-0.39, 0.29) is 16.5 Å². The first kappa shape index (κ1) is 24.0. The predicted octanol–water partition coefficient (Wildman–Crippen LogP) is 3.26. The lowest BCUT2D eigenvalue weighted by Crippen LogP contribution is -2.26. The Bertz CT molecular complexity index is 1490. The summed E-state index contributed by atoms with van der Waals surface area (Å²) < 4.78 is 31.4. The summed E-state index contributed by atoms with van der Waals surface area (Å²) in [6, 6.07) is 24.4. The molecule has 0 saturated carbocycles. The van der Waals surface area contributed by atoms with Gasteiger partial charge in [-0.2, -0.15) is 0 Å². The average Bonchev–Trinajstić information content (AvgIpc) is 3.08. The monoisotopic (exact) mass is 490 g/mol. The van der Waals surface area contributed by atoms with Gasteiger partial charge in [-0.15, -0.1) is 0 Å². The Morgan fingerprint density at radius 2 is 1.49 bits per heavy atom. The number of para-hydroxylation sites is 1. The first-order valence-electron chi connectivity index (χ1n) is 11.1. The number of carbonyl (C=O) groups is 1. The van der Waals surface area contributed by atoms with Crippen LogP contribution < -0.4 is 15.6 Å². The fourth-order valence-corrected chi connectivity index (χ4v) is 4.85. The minimum atomic E-state index is -4.05. The highest BCUT2D eigenvalue weighted by atomic mass is 32.2. The minimum absolute atomic E-state index is 0.0286. The van der Waals surface area contributed by atoms with Crippen molar-refractivity contribution in [3.8, 4) is 5.69 Å². The highest BCUT2D eigenvalue weighted by Gasteiger charge is 2.22. The second-order valence-corrected chi connectivity index (χ2v) is 9.74. The van der Waals surface area contributed by atoms with Crippen LogP contribution in [0.15, 0.2) is 94.6 Å². The second-order valence-electron chi connectivity index (χ2n) is 8.06. The van der Waals surface area contributed by atoms with Crippen LogP contribution in [-0.4, -0.2) is 30.2 Å². The number of anilines is 1. The van der Waals surface area contributed by atoms with Gasteiger partial charge in [-0.25, -0.2) is 13.1 Å². The number of rotatable bonds is 8. The number of nitrogens with zero attached hydrogens (tertiary/aromatic N) is 2. The zero-order valence-electron chi connectivity index (χ0n) is 19.4. The van der Waals surface area contributed by atoms with E-state index in [0.717, 1.165) is 5.56 Å². The van der Waals surface area contributed by atoms with Crippen LogP contribution >= 0.6 is 0 Å². The van der Waals surface area contributed by atoms with Crippen LogP contribution in [-0.2, 0) is 23.5 Å². The molecule has 180 valence electrons. The van der Waals surface area contributed by atoms with E-state index in [1.54, 1.807) is 42.9 Å². The Hall–Kier alpha value is -4.11. The van der Waals surface area contributed by atoms with Gasteiger partial charge in [0.1, 0.15) is 5.69 Å². The molecule has 0 aliphatic carbocycles. The molecular formula is C26H26N4O4S. The van der Waals surface area contributed by atoms with Crippen molar-refractivity contribution in [1.82, 2.24) is 14.7 Å². The summed E-state index contributed by atoms with van der Waals surface area (Å²) in [5, 5.41) is 2.83. The number of nitrogens with one attached hydrogen (secondary N) is 2. The summed E-state index contributed by atoms with van der Waals surface area (Å²) in [4.78, 5) is 25.4. The van der Waals surface area contributed by atoms with Gasteiger partial charge in [-0.3, -0.25) is 19.0 Å². The van der Waals surface area contributed by atoms with Crippen LogP contribution in [0.1, 0.15) is 21.6 Å². The van der Waals surface area contributed by atoms with Crippen LogP contribution in [0.4, 0.5) is 5.69 Å². The lowest BCUT2D eigenvalue weighted by Gasteiger charge is -2.09. The zero-order chi connectivity index (χ0) is 25.0. The van der Waals surface area contributed by atoms with E-state index in [2.05, 4.69) is 10.0 Å². The Kier molecular flexibility index (Phi) is 6.88. The van der Waals surface area contributed by atoms with Gasteiger partial charge < -0.3 is 5.32 Å². The number of carbonyl (C=O) groups excluding carboxylic acids is 1. The third kappa shape index (κ3) is 5.20. The van der Waals surface area contributed by atoms with Crippen LogP contribution in [0.5, 0.6) is 0 Å². The third-order valence-corrected chi connectivity index (χ3v) is 7.13.